The van der Waals surface area contributed by atoms with Crippen molar-refractivity contribution >= 4 is 27.2 Å². The van der Waals surface area contributed by atoms with Crippen molar-refractivity contribution in [2.45, 2.75) is 20.3 Å². The van der Waals surface area contributed by atoms with Crippen molar-refractivity contribution in [2.75, 3.05) is 5.73 Å². The summed E-state index contributed by atoms with van der Waals surface area (Å²) in [4.78, 5) is 4.12. The van der Waals surface area contributed by atoms with Crippen LogP contribution in [-0.2, 0) is 0 Å². The molecule has 0 aliphatic carbocycles. The Hall–Kier alpha value is -1.09. The lowest BCUT2D eigenvalue weighted by Crippen LogP contribution is -1.81. The minimum atomic E-state index is 0.803. The molecule has 0 fully saturated rings. The van der Waals surface area contributed by atoms with Crippen molar-refractivity contribution in [2.24, 2.45) is 0 Å². The van der Waals surface area contributed by atoms with Crippen molar-refractivity contribution in [1.29, 1.82) is 0 Å². The van der Waals surface area contributed by atoms with Crippen LogP contribution in [0.5, 0.6) is 0 Å². The van der Waals surface area contributed by atoms with Crippen LogP contribution in [0.15, 0.2) is 23.7 Å². The molecule has 0 aliphatic rings. The second-order valence-corrected chi connectivity index (χ2v) is 3.67. The molecule has 1 aromatic carbocycles. The predicted molar refractivity (Wildman–Crippen MR) is 60.0 cm³/mol. The Morgan fingerprint density at radius 3 is 2.77 bits per heavy atom. The van der Waals surface area contributed by atoms with Gasteiger partial charge < -0.3 is 5.73 Å². The smallest absolute Gasteiger partial charge is 0.0813 e. The Bertz CT molecular complexity index is 368. The van der Waals surface area contributed by atoms with E-state index in [1.807, 2.05) is 23.7 Å². The van der Waals surface area contributed by atoms with E-state index in [9.17, 15) is 0 Å². The predicted octanol–water partition coefficient (Wildman–Crippen LogP) is 3.29. The molecule has 2 nitrogen and oxygen atoms in total. The Labute approximate surface area is 82.4 Å². The molecular weight excluding hydrogens is 180 g/mol. The number of benzene rings is 1. The summed E-state index contributed by atoms with van der Waals surface area (Å²) in [6, 6.07) is 5.73. The van der Waals surface area contributed by atoms with Crippen LogP contribution in [-0.4, -0.2) is 4.98 Å². The van der Waals surface area contributed by atoms with E-state index in [0.717, 1.165) is 15.9 Å². The average molecular weight is 194 g/mol. The maximum Gasteiger partial charge on any atom is 0.0813 e. The van der Waals surface area contributed by atoms with Gasteiger partial charge in [0.2, 0.25) is 0 Å². The van der Waals surface area contributed by atoms with Crippen LogP contribution in [0.2, 0.25) is 0 Å². The summed E-state index contributed by atoms with van der Waals surface area (Å²) in [5, 5.41) is 0. The standard InChI is InChI=1S/C7H6N2S.C3H8/c8-5-1-2-6-7(3-5)10-4-9-6;1-3-2/h1-4H,8H2;3H2,1-2H3. The topological polar surface area (TPSA) is 38.9 Å². The summed E-state index contributed by atoms with van der Waals surface area (Å²) >= 11 is 1.61. The lowest BCUT2D eigenvalue weighted by Gasteiger charge is -1.89. The number of hydrogen-bond donors (Lipinski definition) is 1. The van der Waals surface area contributed by atoms with Crippen LogP contribution in [0.3, 0.4) is 0 Å². The molecule has 0 bridgehead atoms. The van der Waals surface area contributed by atoms with Gasteiger partial charge in [-0.25, -0.2) is 4.98 Å². The van der Waals surface area contributed by atoms with E-state index in [2.05, 4.69) is 18.8 Å². The van der Waals surface area contributed by atoms with Crippen LogP contribution < -0.4 is 5.73 Å². The summed E-state index contributed by atoms with van der Waals surface area (Å²) < 4.78 is 1.15. The van der Waals surface area contributed by atoms with Crippen molar-refractivity contribution in [3.63, 3.8) is 0 Å². The molecule has 70 valence electrons. The van der Waals surface area contributed by atoms with Gasteiger partial charge in [0, 0.05) is 5.69 Å². The normalized spacial score (nSPS) is 9.38. The van der Waals surface area contributed by atoms with Gasteiger partial charge in [0.15, 0.2) is 0 Å². The van der Waals surface area contributed by atoms with E-state index >= 15 is 0 Å². The third-order valence-corrected chi connectivity index (χ3v) is 2.15. The SMILES string of the molecule is CCC.Nc1ccc2ncsc2c1. The number of nitrogens with zero attached hydrogens (tertiary/aromatic N) is 1. The average Bonchev–Trinajstić information content (AvgIpc) is 2.52. The highest BCUT2D eigenvalue weighted by molar-refractivity contribution is 7.16. The van der Waals surface area contributed by atoms with Gasteiger partial charge in [0.25, 0.3) is 0 Å². The van der Waals surface area contributed by atoms with Gasteiger partial charge in [0.05, 0.1) is 15.7 Å². The summed E-state index contributed by atoms with van der Waals surface area (Å²) in [6.45, 7) is 4.25. The summed E-state index contributed by atoms with van der Waals surface area (Å²) in [7, 11) is 0. The maximum atomic E-state index is 5.56. The first-order chi connectivity index (χ1) is 6.27. The van der Waals surface area contributed by atoms with Gasteiger partial charge in [0.1, 0.15) is 0 Å². The molecule has 0 amide bonds. The van der Waals surface area contributed by atoms with E-state index in [1.165, 1.54) is 6.42 Å². The monoisotopic (exact) mass is 194 g/mol. The molecule has 2 aromatic rings. The van der Waals surface area contributed by atoms with Crippen LogP contribution in [0.1, 0.15) is 20.3 Å². The third kappa shape index (κ3) is 2.70. The molecule has 0 radical (unpaired) electrons. The van der Waals surface area contributed by atoms with E-state index in [0.29, 0.717) is 0 Å². The van der Waals surface area contributed by atoms with E-state index in [4.69, 9.17) is 5.73 Å². The molecule has 13 heavy (non-hydrogen) atoms. The van der Waals surface area contributed by atoms with Crippen molar-refractivity contribution in [3.05, 3.63) is 23.7 Å². The summed E-state index contributed by atoms with van der Waals surface area (Å²) in [5.41, 5.74) is 9.22. The number of aromatic nitrogens is 1. The lowest BCUT2D eigenvalue weighted by atomic mass is 10.3. The number of nitrogens with two attached hydrogens (primary N) is 1. The van der Waals surface area contributed by atoms with Gasteiger partial charge in [-0.15, -0.1) is 11.3 Å². The molecule has 0 aliphatic heterocycles. The Kier molecular flexibility index (Phi) is 3.71. The quantitative estimate of drug-likeness (QED) is 0.653. The molecule has 1 heterocycles. The highest BCUT2D eigenvalue weighted by atomic mass is 32.1. The molecule has 2 rings (SSSR count). The first-order valence-corrected chi connectivity index (χ1v) is 5.24. The van der Waals surface area contributed by atoms with Crippen LogP contribution in [0.4, 0.5) is 5.69 Å². The fourth-order valence-corrected chi connectivity index (χ4v) is 1.60. The first-order valence-electron chi connectivity index (χ1n) is 4.36. The van der Waals surface area contributed by atoms with Crippen molar-refractivity contribution < 1.29 is 0 Å². The van der Waals surface area contributed by atoms with Gasteiger partial charge in [-0.1, -0.05) is 20.3 Å². The molecule has 3 heteroatoms. The Morgan fingerprint density at radius 2 is 2.08 bits per heavy atom. The number of fused-ring (bicyclic) bond motifs is 1. The van der Waals surface area contributed by atoms with Gasteiger partial charge in [-0.05, 0) is 18.2 Å². The highest BCUT2D eigenvalue weighted by Gasteiger charge is 1.93. The molecule has 0 saturated carbocycles. The molecule has 2 N–H and O–H groups in total. The molecule has 0 unspecified atom stereocenters. The number of thiazole rings is 1. The zero-order valence-electron chi connectivity index (χ0n) is 7.95. The van der Waals surface area contributed by atoms with E-state index in [1.54, 1.807) is 11.3 Å². The minimum absolute atomic E-state index is 0.803. The fraction of sp³-hybridized carbons (Fsp3) is 0.300. The van der Waals surface area contributed by atoms with Crippen LogP contribution >= 0.6 is 11.3 Å². The number of rotatable bonds is 0. The summed E-state index contributed by atoms with van der Waals surface area (Å²) in [6.07, 6.45) is 1.25. The minimum Gasteiger partial charge on any atom is -0.399 e. The summed E-state index contributed by atoms with van der Waals surface area (Å²) in [5.74, 6) is 0. The van der Waals surface area contributed by atoms with Gasteiger partial charge in [-0.2, -0.15) is 0 Å². The highest BCUT2D eigenvalue weighted by Crippen LogP contribution is 2.19. The van der Waals surface area contributed by atoms with Crippen molar-refractivity contribution in [1.82, 2.24) is 4.98 Å². The Balaban J connectivity index is 0.000000251. The molecule has 0 spiro atoms. The molecule has 0 atom stereocenters. The largest absolute Gasteiger partial charge is 0.399 e. The van der Waals surface area contributed by atoms with Crippen LogP contribution in [0, 0.1) is 0 Å². The molecule has 1 aromatic heterocycles. The second kappa shape index (κ2) is 4.82. The second-order valence-electron chi connectivity index (χ2n) is 2.79. The number of anilines is 1. The fourth-order valence-electron chi connectivity index (χ4n) is 0.872. The molecule has 0 saturated heterocycles. The Morgan fingerprint density at radius 1 is 1.38 bits per heavy atom. The van der Waals surface area contributed by atoms with Gasteiger partial charge in [-0.3, -0.25) is 0 Å². The first kappa shape index (κ1) is 9.99. The van der Waals surface area contributed by atoms with Gasteiger partial charge >= 0.3 is 0 Å². The number of hydrogen-bond acceptors (Lipinski definition) is 3. The molecular formula is C10H14N2S. The third-order valence-electron chi connectivity index (χ3n) is 1.36. The van der Waals surface area contributed by atoms with Crippen molar-refractivity contribution in [3.8, 4) is 0 Å². The zero-order chi connectivity index (χ0) is 9.68. The zero-order valence-corrected chi connectivity index (χ0v) is 8.77. The maximum absolute atomic E-state index is 5.56. The number of nitrogen functional groups attached to an aromatic ring is 1. The van der Waals surface area contributed by atoms with E-state index in [-0.39, 0.29) is 0 Å². The lowest BCUT2D eigenvalue weighted by molar-refractivity contribution is 1.09. The van der Waals surface area contributed by atoms with Crippen LogP contribution in [0.25, 0.3) is 10.2 Å². The van der Waals surface area contributed by atoms with E-state index < -0.39 is 0 Å².